The number of dihydropyridines is 1. The fourth-order valence-electron chi connectivity index (χ4n) is 8.46. The van der Waals surface area contributed by atoms with Gasteiger partial charge in [-0.1, -0.05) is 88.4 Å². The van der Waals surface area contributed by atoms with E-state index >= 15 is 0 Å². The van der Waals surface area contributed by atoms with Gasteiger partial charge in [0, 0.05) is 33.9 Å². The first-order valence-corrected chi connectivity index (χ1v) is 16.3. The predicted octanol–water partition coefficient (Wildman–Crippen LogP) is 9.20. The third-order valence-electron chi connectivity index (χ3n) is 10.8. The molecule has 46 heavy (non-hydrogen) atoms. The summed E-state index contributed by atoms with van der Waals surface area (Å²) in [7, 11) is 0. The van der Waals surface area contributed by atoms with Gasteiger partial charge in [-0.3, -0.25) is 9.78 Å². The minimum Gasteiger partial charge on any atom is -0.377 e. The number of para-hydroxylation sites is 3. The number of carbonyl (C=O) groups excluding carboxylic acids is 1. The molecular weight excluding hydrogens is 564 g/mol. The molecule has 5 heteroatoms. The number of nitrogens with one attached hydrogen (secondary N) is 1. The number of nitrogens with zero attached hydrogens (tertiary/aromatic N) is 3. The fraction of sp³-hybridized carbons (Fsp3) is 0.220. The van der Waals surface area contributed by atoms with E-state index in [1.54, 1.807) is 0 Å². The minimum absolute atomic E-state index is 0.0328. The Morgan fingerprint density at radius 2 is 1.41 bits per heavy atom. The first-order chi connectivity index (χ1) is 22.3. The van der Waals surface area contributed by atoms with Gasteiger partial charge in [0.1, 0.15) is 0 Å². The van der Waals surface area contributed by atoms with E-state index in [0.29, 0.717) is 5.56 Å². The Balaban J connectivity index is 1.13. The zero-order valence-corrected chi connectivity index (χ0v) is 26.6. The number of anilines is 4. The zero-order valence-electron chi connectivity index (χ0n) is 26.6. The summed E-state index contributed by atoms with van der Waals surface area (Å²) in [6.45, 7) is 9.23. The second-order valence-electron chi connectivity index (χ2n) is 14.0. The number of aromatic nitrogens is 1. The van der Waals surface area contributed by atoms with Crippen LogP contribution >= 0.6 is 0 Å². The van der Waals surface area contributed by atoms with Crippen LogP contribution in [0.1, 0.15) is 79.3 Å². The molecule has 0 radical (unpaired) electrons. The maximum Gasteiger partial charge on any atom is 0.193 e. The lowest BCUT2D eigenvalue weighted by Gasteiger charge is -2.44. The van der Waals surface area contributed by atoms with Gasteiger partial charge in [-0.2, -0.15) is 0 Å². The highest BCUT2D eigenvalue weighted by Crippen LogP contribution is 2.53. The van der Waals surface area contributed by atoms with E-state index in [9.17, 15) is 4.79 Å². The average molecular weight is 601 g/mol. The minimum atomic E-state index is -0.274. The Morgan fingerprint density at radius 1 is 0.804 bits per heavy atom. The van der Waals surface area contributed by atoms with Crippen LogP contribution in [0.4, 0.5) is 22.7 Å². The molecule has 0 saturated heterocycles. The molecule has 4 aromatic rings. The molecule has 5 nitrogen and oxygen atoms in total. The fourth-order valence-corrected chi connectivity index (χ4v) is 8.46. The smallest absolute Gasteiger partial charge is 0.193 e. The third-order valence-corrected chi connectivity index (χ3v) is 10.8. The highest BCUT2D eigenvalue weighted by molar-refractivity contribution is 6.15. The molecule has 1 atom stereocenters. The van der Waals surface area contributed by atoms with Gasteiger partial charge in [0.25, 0.3) is 0 Å². The van der Waals surface area contributed by atoms with Crippen molar-refractivity contribution in [2.75, 3.05) is 9.80 Å². The van der Waals surface area contributed by atoms with Crippen LogP contribution in [0.5, 0.6) is 0 Å². The number of fused-ring (bicyclic) bond motifs is 6. The van der Waals surface area contributed by atoms with Crippen LogP contribution in [0.2, 0.25) is 0 Å². The first kappa shape index (κ1) is 27.2. The third kappa shape index (κ3) is 3.57. The number of rotatable bonds is 2. The highest BCUT2D eigenvalue weighted by Gasteiger charge is 2.43. The molecule has 1 unspecified atom stereocenters. The van der Waals surface area contributed by atoms with Gasteiger partial charge in [-0.25, -0.2) is 0 Å². The summed E-state index contributed by atoms with van der Waals surface area (Å²) in [5, 5.41) is 3.58. The van der Waals surface area contributed by atoms with E-state index in [1.165, 1.54) is 28.0 Å². The van der Waals surface area contributed by atoms with E-state index in [2.05, 4.69) is 140 Å². The van der Waals surface area contributed by atoms with Crippen molar-refractivity contribution in [2.45, 2.75) is 57.4 Å². The largest absolute Gasteiger partial charge is 0.377 e. The zero-order chi connectivity index (χ0) is 31.4. The van der Waals surface area contributed by atoms with Crippen LogP contribution in [-0.4, -0.2) is 10.8 Å². The lowest BCUT2D eigenvalue weighted by molar-refractivity contribution is 0.103. The van der Waals surface area contributed by atoms with Gasteiger partial charge in [0.15, 0.2) is 5.78 Å². The maximum absolute atomic E-state index is 14.3. The van der Waals surface area contributed by atoms with Crippen LogP contribution in [0, 0.1) is 0 Å². The van der Waals surface area contributed by atoms with Crippen molar-refractivity contribution in [2.24, 2.45) is 0 Å². The van der Waals surface area contributed by atoms with Crippen molar-refractivity contribution in [3.63, 3.8) is 0 Å². The molecule has 0 saturated carbocycles. The van der Waals surface area contributed by atoms with Crippen molar-refractivity contribution >= 4 is 28.5 Å². The number of Topliss-reactive ketones (excluding diaryl/α,β-unsaturated/α-hetero) is 1. The predicted molar refractivity (Wildman–Crippen MR) is 185 cm³/mol. The van der Waals surface area contributed by atoms with Crippen LogP contribution in [-0.2, 0) is 10.8 Å². The molecule has 0 spiro atoms. The average Bonchev–Trinajstić information content (AvgIpc) is 3.35. The van der Waals surface area contributed by atoms with Crippen molar-refractivity contribution in [3.05, 3.63) is 160 Å². The molecule has 5 aliphatic rings. The van der Waals surface area contributed by atoms with Gasteiger partial charge < -0.3 is 15.1 Å². The van der Waals surface area contributed by atoms with E-state index in [1.807, 2.05) is 12.4 Å². The number of hydrogen-bond donors (Lipinski definition) is 1. The molecule has 1 N–H and O–H groups in total. The first-order valence-electron chi connectivity index (χ1n) is 16.3. The topological polar surface area (TPSA) is 48.5 Å². The van der Waals surface area contributed by atoms with E-state index in [0.717, 1.165) is 52.6 Å². The summed E-state index contributed by atoms with van der Waals surface area (Å²) in [6, 6.07) is 27.6. The maximum atomic E-state index is 14.3. The van der Waals surface area contributed by atoms with Crippen molar-refractivity contribution in [1.29, 1.82) is 0 Å². The molecule has 1 aromatic heterocycles. The molecule has 0 fully saturated rings. The molecule has 9 rings (SSSR count). The van der Waals surface area contributed by atoms with Crippen molar-refractivity contribution < 1.29 is 4.79 Å². The van der Waals surface area contributed by atoms with Crippen LogP contribution < -0.4 is 15.1 Å². The number of carbonyl (C=O) groups is 1. The molecule has 3 aliphatic heterocycles. The summed E-state index contributed by atoms with van der Waals surface area (Å²) in [6.07, 6.45) is 12.6. The number of allylic oxidation sites excluding steroid dienone is 4. The normalized spacial score (nSPS) is 21.2. The monoisotopic (exact) mass is 600 g/mol. The van der Waals surface area contributed by atoms with Gasteiger partial charge in [0.2, 0.25) is 0 Å². The quantitative estimate of drug-likeness (QED) is 0.249. The lowest BCUT2D eigenvalue weighted by atomic mass is 9.70. The van der Waals surface area contributed by atoms with Gasteiger partial charge in [-0.15, -0.1) is 0 Å². The van der Waals surface area contributed by atoms with Gasteiger partial charge >= 0.3 is 0 Å². The van der Waals surface area contributed by atoms with Crippen molar-refractivity contribution in [1.82, 2.24) is 10.3 Å². The highest BCUT2D eigenvalue weighted by atomic mass is 16.1. The molecule has 4 heterocycles. The molecule has 0 bridgehead atoms. The summed E-state index contributed by atoms with van der Waals surface area (Å²) in [5.41, 5.74) is 13.7. The Bertz CT molecular complexity index is 2080. The molecule has 226 valence electrons. The SMILES string of the molecule is CC1(C)C2=C(C=CCC2)N(c2cnc3c(c2)C(=O)C2=CC(N4c5ccccc5C(C)(C)c5ccccc54)=CNC23)c2ccccc21. The van der Waals surface area contributed by atoms with Gasteiger partial charge in [-0.05, 0) is 71.5 Å². The Kier molecular flexibility index (Phi) is 5.57. The standard InChI is InChI=1S/C41H36N4O/c1-40(2)29-13-5-9-17-33(29)44(34-18-10-6-14-30(34)40)25-21-27-37(42-23-25)38-28(39(27)46)22-26(24-43-38)45-35-19-11-7-15-31(35)41(3,4)32-16-8-12-20-36(32)45/h5-7,9-15,17-24,37,42H,8,16H2,1-4H3. The summed E-state index contributed by atoms with van der Waals surface area (Å²) in [4.78, 5) is 23.9. The van der Waals surface area contributed by atoms with E-state index in [4.69, 9.17) is 4.98 Å². The second kappa shape index (κ2) is 9.43. The lowest BCUT2D eigenvalue weighted by Crippen LogP contribution is -2.35. The molecule has 2 aliphatic carbocycles. The van der Waals surface area contributed by atoms with E-state index < -0.39 is 0 Å². The van der Waals surface area contributed by atoms with Crippen molar-refractivity contribution in [3.8, 4) is 0 Å². The number of pyridine rings is 1. The Labute approximate surface area is 270 Å². The number of ketones is 1. The van der Waals surface area contributed by atoms with Crippen LogP contribution in [0.25, 0.3) is 0 Å². The van der Waals surface area contributed by atoms with Crippen LogP contribution in [0.15, 0.2) is 132 Å². The summed E-state index contributed by atoms with van der Waals surface area (Å²) < 4.78 is 0. The molecule has 0 amide bonds. The van der Waals surface area contributed by atoms with Gasteiger partial charge in [0.05, 0.1) is 46.4 Å². The second-order valence-corrected chi connectivity index (χ2v) is 14.0. The molecule has 3 aromatic carbocycles. The number of hydrogen-bond acceptors (Lipinski definition) is 5. The number of benzene rings is 3. The van der Waals surface area contributed by atoms with E-state index in [-0.39, 0.29) is 22.7 Å². The Morgan fingerprint density at radius 3 is 2.09 bits per heavy atom. The Hall–Kier alpha value is -5.16. The molecular formula is C41H36N4O. The summed E-state index contributed by atoms with van der Waals surface area (Å²) >= 11 is 0. The summed E-state index contributed by atoms with van der Waals surface area (Å²) in [5.74, 6) is 0.0328. The van der Waals surface area contributed by atoms with Crippen LogP contribution in [0.3, 0.4) is 0 Å².